The lowest BCUT2D eigenvalue weighted by Crippen LogP contribution is -2.49. The number of allylic oxidation sites excluding steroid dienone is 1. The number of carbonyl (C=O) groups is 3. The number of rotatable bonds is 5. The van der Waals surface area contributed by atoms with Gasteiger partial charge in [-0.2, -0.15) is 0 Å². The van der Waals surface area contributed by atoms with Crippen LogP contribution in [0.2, 0.25) is 5.02 Å². The van der Waals surface area contributed by atoms with E-state index < -0.39 is 35.4 Å². The second kappa shape index (κ2) is 11.0. The molecule has 2 saturated carbocycles. The highest BCUT2D eigenvalue weighted by molar-refractivity contribution is 6.35. The molecule has 2 N–H and O–H groups in total. The van der Waals surface area contributed by atoms with Gasteiger partial charge in [-0.25, -0.2) is 9.78 Å². The molecule has 1 aromatic heterocycles. The average Bonchev–Trinajstić information content (AvgIpc) is 3.44. The highest BCUT2D eigenvalue weighted by atomic mass is 35.5. The van der Waals surface area contributed by atoms with Crippen molar-refractivity contribution in [1.29, 1.82) is 0 Å². The Balaban J connectivity index is 1.44. The molecule has 0 spiro atoms. The zero-order chi connectivity index (χ0) is 27.7. The van der Waals surface area contributed by atoms with Crippen LogP contribution in [0.1, 0.15) is 45.4 Å². The maximum Gasteiger partial charge on any atom is 0.330 e. The normalized spacial score (nSPS) is 30.1. The second-order valence-electron chi connectivity index (χ2n) is 10.7. The van der Waals surface area contributed by atoms with Gasteiger partial charge in [0.25, 0.3) is 0 Å². The standard InChI is InChI=1S/C29H34ClN3O6/c1-3-38-24-15-23(19-10-8-11-22(30)25(19)31-24)39-18-13-20-21(14-18)27(35)33(2)12-7-5-4-6-9-17-16-29(17,28(36)37)32-26(20)34/h6,8-11,15,17-18,20-21H,3-5,7,12-14,16H2,1-2H3,(H,32,34)(H,36,37)/b9-6-. The molecule has 5 unspecified atom stereocenters. The molecule has 0 radical (unpaired) electrons. The van der Waals surface area contributed by atoms with Crippen LogP contribution in [0, 0.1) is 17.8 Å². The van der Waals surface area contributed by atoms with E-state index in [1.54, 1.807) is 24.1 Å². The van der Waals surface area contributed by atoms with Gasteiger partial charge in [0.15, 0.2) is 0 Å². The van der Waals surface area contributed by atoms with E-state index in [1.165, 1.54) is 0 Å². The van der Waals surface area contributed by atoms with Gasteiger partial charge in [0.1, 0.15) is 17.4 Å². The van der Waals surface area contributed by atoms with Gasteiger partial charge in [0.05, 0.1) is 29.0 Å². The van der Waals surface area contributed by atoms with Crippen LogP contribution < -0.4 is 14.8 Å². The Morgan fingerprint density at radius 2 is 2.05 bits per heavy atom. The van der Waals surface area contributed by atoms with Gasteiger partial charge in [-0.3, -0.25) is 9.59 Å². The van der Waals surface area contributed by atoms with Crippen molar-refractivity contribution in [3.63, 3.8) is 0 Å². The van der Waals surface area contributed by atoms with E-state index in [2.05, 4.69) is 10.3 Å². The van der Waals surface area contributed by atoms with Crippen molar-refractivity contribution in [1.82, 2.24) is 15.2 Å². The van der Waals surface area contributed by atoms with Crippen LogP contribution in [0.4, 0.5) is 0 Å². The Morgan fingerprint density at radius 3 is 2.82 bits per heavy atom. The van der Waals surface area contributed by atoms with Gasteiger partial charge in [-0.1, -0.05) is 29.8 Å². The number of halogens is 1. The van der Waals surface area contributed by atoms with Crippen molar-refractivity contribution in [2.45, 2.75) is 57.1 Å². The summed E-state index contributed by atoms with van der Waals surface area (Å²) >= 11 is 6.42. The molecule has 9 nitrogen and oxygen atoms in total. The summed E-state index contributed by atoms with van der Waals surface area (Å²) in [5.74, 6) is -2.29. The predicted octanol–water partition coefficient (Wildman–Crippen LogP) is 4.22. The molecule has 0 bridgehead atoms. The number of aromatic nitrogens is 1. The minimum absolute atomic E-state index is 0.122. The molecule has 1 aliphatic heterocycles. The zero-order valence-electron chi connectivity index (χ0n) is 22.2. The number of pyridine rings is 1. The summed E-state index contributed by atoms with van der Waals surface area (Å²) in [5, 5.41) is 13.9. The number of fused-ring (bicyclic) bond motifs is 3. The van der Waals surface area contributed by atoms with E-state index >= 15 is 0 Å². The van der Waals surface area contributed by atoms with E-state index in [1.807, 2.05) is 31.2 Å². The third kappa shape index (κ3) is 5.41. The third-order valence-corrected chi connectivity index (χ3v) is 8.39. The highest BCUT2D eigenvalue weighted by Gasteiger charge is 2.61. The number of amides is 2. The number of para-hydroxylation sites is 1. The van der Waals surface area contributed by atoms with Crippen LogP contribution in [0.25, 0.3) is 10.9 Å². The third-order valence-electron chi connectivity index (χ3n) is 8.09. The van der Waals surface area contributed by atoms with Crippen LogP contribution in [-0.2, 0) is 14.4 Å². The van der Waals surface area contributed by atoms with Gasteiger partial charge in [0.2, 0.25) is 17.7 Å². The lowest BCUT2D eigenvalue weighted by molar-refractivity contribution is -0.145. The fourth-order valence-electron chi connectivity index (χ4n) is 5.85. The molecule has 39 heavy (non-hydrogen) atoms. The molecule has 2 amide bonds. The fraction of sp³-hybridized carbons (Fsp3) is 0.517. The SMILES string of the molecule is CCOc1cc(OC2CC3C(=O)NC4(C(=O)O)CC4/C=C\CCCCN(C)C(=O)C3C2)c2cccc(Cl)c2n1. The van der Waals surface area contributed by atoms with Crippen molar-refractivity contribution in [2.24, 2.45) is 17.8 Å². The molecule has 0 saturated heterocycles. The van der Waals surface area contributed by atoms with E-state index in [-0.39, 0.29) is 18.2 Å². The molecule has 2 heterocycles. The number of carboxylic acids is 1. The summed E-state index contributed by atoms with van der Waals surface area (Å²) in [7, 11) is 1.76. The quantitative estimate of drug-likeness (QED) is 0.530. The average molecular weight is 556 g/mol. The van der Waals surface area contributed by atoms with E-state index in [0.717, 1.165) is 19.3 Å². The first-order valence-electron chi connectivity index (χ1n) is 13.6. The molecular weight excluding hydrogens is 522 g/mol. The molecule has 2 fully saturated rings. The zero-order valence-corrected chi connectivity index (χ0v) is 22.9. The lowest BCUT2D eigenvalue weighted by Gasteiger charge is -2.26. The molecule has 3 aliphatic rings. The fourth-order valence-corrected chi connectivity index (χ4v) is 6.07. The summed E-state index contributed by atoms with van der Waals surface area (Å²) < 4.78 is 12.1. The maximum absolute atomic E-state index is 13.6. The van der Waals surface area contributed by atoms with Crippen molar-refractivity contribution < 1.29 is 29.0 Å². The van der Waals surface area contributed by atoms with Crippen molar-refractivity contribution in [3.05, 3.63) is 41.4 Å². The van der Waals surface area contributed by atoms with E-state index in [4.69, 9.17) is 21.1 Å². The first kappa shape index (κ1) is 27.2. The molecule has 10 heteroatoms. The Morgan fingerprint density at radius 1 is 1.26 bits per heavy atom. The van der Waals surface area contributed by atoms with Crippen LogP contribution in [0.3, 0.4) is 0 Å². The lowest BCUT2D eigenvalue weighted by atomic mass is 9.93. The number of nitrogens with one attached hydrogen (secondary N) is 1. The van der Waals surface area contributed by atoms with Crippen LogP contribution >= 0.6 is 11.6 Å². The number of hydrogen-bond acceptors (Lipinski definition) is 6. The second-order valence-corrected chi connectivity index (χ2v) is 11.1. The molecule has 5 atom stereocenters. The topological polar surface area (TPSA) is 118 Å². The van der Waals surface area contributed by atoms with E-state index in [0.29, 0.717) is 53.5 Å². The smallest absolute Gasteiger partial charge is 0.330 e. The number of aliphatic carboxylic acids is 1. The van der Waals surface area contributed by atoms with Crippen molar-refractivity contribution in [2.75, 3.05) is 20.2 Å². The number of nitrogens with zero attached hydrogens (tertiary/aromatic N) is 2. The molecule has 1 aromatic carbocycles. The Kier molecular flexibility index (Phi) is 7.71. The van der Waals surface area contributed by atoms with Gasteiger partial charge in [0, 0.05) is 31.0 Å². The molecule has 5 rings (SSSR count). The first-order chi connectivity index (χ1) is 18.7. The monoisotopic (exact) mass is 555 g/mol. The summed E-state index contributed by atoms with van der Waals surface area (Å²) in [5.41, 5.74) is -0.776. The predicted molar refractivity (Wildman–Crippen MR) is 146 cm³/mol. The van der Waals surface area contributed by atoms with Crippen molar-refractivity contribution in [3.8, 4) is 11.6 Å². The van der Waals surface area contributed by atoms with Gasteiger partial charge in [-0.15, -0.1) is 0 Å². The number of ether oxygens (including phenoxy) is 2. The number of carbonyl (C=O) groups excluding carboxylic acids is 2. The summed E-state index contributed by atoms with van der Waals surface area (Å²) in [4.78, 5) is 45.5. The highest BCUT2D eigenvalue weighted by Crippen LogP contribution is 2.46. The maximum atomic E-state index is 13.6. The Bertz CT molecular complexity index is 1320. The summed E-state index contributed by atoms with van der Waals surface area (Å²) in [6.45, 7) is 2.87. The summed E-state index contributed by atoms with van der Waals surface area (Å²) in [6.07, 6.45) is 6.93. The Labute approximate surface area is 232 Å². The molecular formula is C29H34ClN3O6. The van der Waals surface area contributed by atoms with E-state index in [9.17, 15) is 19.5 Å². The molecule has 208 valence electrons. The number of carboxylic acid groups (broad SMARTS) is 1. The minimum Gasteiger partial charge on any atom is -0.489 e. The molecule has 2 aliphatic carbocycles. The summed E-state index contributed by atoms with van der Waals surface area (Å²) in [6, 6.07) is 7.11. The molecule has 2 aromatic rings. The van der Waals surface area contributed by atoms with Gasteiger partial charge >= 0.3 is 5.97 Å². The van der Waals surface area contributed by atoms with Gasteiger partial charge < -0.3 is 24.8 Å². The first-order valence-corrected chi connectivity index (χ1v) is 14.0. The van der Waals surface area contributed by atoms with Crippen LogP contribution in [0.5, 0.6) is 11.6 Å². The number of benzene rings is 1. The number of hydrogen-bond donors (Lipinski definition) is 2. The van der Waals surface area contributed by atoms with Crippen LogP contribution in [-0.4, -0.2) is 64.6 Å². The Hall–Kier alpha value is -3.33. The van der Waals surface area contributed by atoms with Crippen LogP contribution in [0.15, 0.2) is 36.4 Å². The minimum atomic E-state index is -1.32. The van der Waals surface area contributed by atoms with Crippen molar-refractivity contribution >= 4 is 40.3 Å². The largest absolute Gasteiger partial charge is 0.489 e. The van der Waals surface area contributed by atoms with Gasteiger partial charge in [-0.05, 0) is 57.6 Å².